The average Bonchev–Trinajstić information content (AvgIpc) is 3.03. The number of fused-ring (bicyclic) bond motifs is 1. The number of benzene rings is 1. The molecule has 6 heteroatoms. The monoisotopic (exact) mass is 345 g/mol. The lowest BCUT2D eigenvalue weighted by Crippen LogP contribution is -2.42. The lowest BCUT2D eigenvalue weighted by molar-refractivity contribution is -0.124. The minimum Gasteiger partial charge on any atom is -0.372 e. The van der Waals surface area contributed by atoms with Gasteiger partial charge in [-0.25, -0.2) is 4.98 Å². The number of rotatable bonds is 6. The maximum absolute atomic E-state index is 12.1. The summed E-state index contributed by atoms with van der Waals surface area (Å²) in [6.45, 7) is 6.08. The van der Waals surface area contributed by atoms with E-state index in [9.17, 15) is 4.79 Å². The summed E-state index contributed by atoms with van der Waals surface area (Å²) in [5, 5.41) is 3.02. The molecular weight excluding hydrogens is 322 g/mol. The number of nitrogens with zero attached hydrogens (tertiary/aromatic N) is 2. The van der Waals surface area contributed by atoms with Gasteiger partial charge in [0.25, 0.3) is 0 Å². The second kappa shape index (κ2) is 7.42. The molecular formula is C18H23N3O2S. The largest absolute Gasteiger partial charge is 0.372 e. The fourth-order valence-electron chi connectivity index (χ4n) is 3.23. The third-order valence-electron chi connectivity index (χ3n) is 4.35. The molecule has 0 saturated carbocycles. The molecule has 1 aliphatic heterocycles. The molecule has 2 aromatic rings. The van der Waals surface area contributed by atoms with Crippen LogP contribution in [0.2, 0.25) is 0 Å². The van der Waals surface area contributed by atoms with Crippen LogP contribution in [0, 0.1) is 0 Å². The second-order valence-electron chi connectivity index (χ2n) is 6.00. The van der Waals surface area contributed by atoms with Crippen molar-refractivity contribution >= 4 is 17.2 Å². The van der Waals surface area contributed by atoms with Gasteiger partial charge in [-0.05, 0) is 31.4 Å². The number of nitrogens with two attached hydrogens (primary N) is 1. The highest BCUT2D eigenvalue weighted by Crippen LogP contribution is 2.31. The number of hydrogen-bond acceptors (Lipinski definition) is 5. The van der Waals surface area contributed by atoms with Crippen LogP contribution >= 0.6 is 11.3 Å². The van der Waals surface area contributed by atoms with E-state index in [1.165, 1.54) is 5.56 Å². The van der Waals surface area contributed by atoms with Crippen LogP contribution in [0.4, 0.5) is 0 Å². The van der Waals surface area contributed by atoms with Gasteiger partial charge in [-0.2, -0.15) is 0 Å². The Morgan fingerprint density at radius 2 is 2.29 bits per heavy atom. The summed E-state index contributed by atoms with van der Waals surface area (Å²) in [5.74, 6) is -0.305. The van der Waals surface area contributed by atoms with E-state index in [0.717, 1.165) is 29.2 Å². The zero-order valence-electron chi connectivity index (χ0n) is 14.1. The van der Waals surface area contributed by atoms with E-state index >= 15 is 0 Å². The Labute approximate surface area is 146 Å². The van der Waals surface area contributed by atoms with Crippen molar-refractivity contribution in [2.24, 2.45) is 5.73 Å². The summed E-state index contributed by atoms with van der Waals surface area (Å²) in [6.07, 6.45) is 0.925. The average molecular weight is 345 g/mol. The first-order chi connectivity index (χ1) is 11.6. The molecule has 0 saturated heterocycles. The quantitative estimate of drug-likeness (QED) is 0.874. The van der Waals surface area contributed by atoms with Gasteiger partial charge >= 0.3 is 0 Å². The molecule has 1 aromatic heterocycles. The summed E-state index contributed by atoms with van der Waals surface area (Å²) in [7, 11) is 0. The van der Waals surface area contributed by atoms with E-state index < -0.39 is 0 Å². The van der Waals surface area contributed by atoms with Crippen LogP contribution in [0.15, 0.2) is 29.6 Å². The molecule has 24 heavy (non-hydrogen) atoms. The van der Waals surface area contributed by atoms with Crippen LogP contribution < -0.4 is 5.73 Å². The van der Waals surface area contributed by atoms with E-state index in [-0.39, 0.29) is 18.1 Å². The zero-order valence-corrected chi connectivity index (χ0v) is 14.9. The van der Waals surface area contributed by atoms with Crippen LogP contribution in [0.5, 0.6) is 0 Å². The van der Waals surface area contributed by atoms with Gasteiger partial charge in [-0.3, -0.25) is 9.69 Å². The molecule has 128 valence electrons. The molecule has 2 heterocycles. The zero-order chi connectivity index (χ0) is 17.1. The lowest BCUT2D eigenvalue weighted by Gasteiger charge is -2.34. The molecule has 0 unspecified atom stereocenters. The van der Waals surface area contributed by atoms with Crippen molar-refractivity contribution in [3.8, 4) is 0 Å². The highest BCUT2D eigenvalue weighted by atomic mass is 32.1. The first kappa shape index (κ1) is 17.1. The van der Waals surface area contributed by atoms with E-state index in [4.69, 9.17) is 10.5 Å². The standard InChI is InChI=1S/C18H23N3O2S/c1-3-23-12(2)18-20-14(11-24-18)10-21-9-8-13-6-4-5-7-15(13)16(21)17(19)22/h4-7,11-12,16H,3,8-10H2,1-2H3,(H2,19,22)/t12-,16-/m1/s1. The number of amides is 1. The summed E-state index contributed by atoms with van der Waals surface area (Å²) in [6, 6.07) is 7.66. The number of carbonyl (C=O) groups is 1. The maximum Gasteiger partial charge on any atom is 0.239 e. The van der Waals surface area contributed by atoms with E-state index in [2.05, 4.69) is 16.0 Å². The minimum absolute atomic E-state index is 0.00256. The first-order valence-corrected chi connectivity index (χ1v) is 9.15. The first-order valence-electron chi connectivity index (χ1n) is 8.27. The van der Waals surface area contributed by atoms with Crippen molar-refractivity contribution in [1.29, 1.82) is 0 Å². The lowest BCUT2D eigenvalue weighted by atomic mass is 9.92. The molecule has 1 aliphatic rings. The summed E-state index contributed by atoms with van der Waals surface area (Å²) in [5.41, 5.74) is 8.90. The predicted molar refractivity (Wildman–Crippen MR) is 94.6 cm³/mol. The Morgan fingerprint density at radius 1 is 1.50 bits per heavy atom. The van der Waals surface area contributed by atoms with Crippen molar-refractivity contribution in [3.05, 3.63) is 51.5 Å². The smallest absolute Gasteiger partial charge is 0.239 e. The maximum atomic E-state index is 12.1. The van der Waals surface area contributed by atoms with Gasteiger partial charge in [0.2, 0.25) is 5.91 Å². The highest BCUT2D eigenvalue weighted by molar-refractivity contribution is 7.09. The normalized spacial score (nSPS) is 19.0. The van der Waals surface area contributed by atoms with Crippen molar-refractivity contribution in [1.82, 2.24) is 9.88 Å². The Kier molecular flexibility index (Phi) is 5.28. The van der Waals surface area contributed by atoms with Crippen LogP contribution in [-0.4, -0.2) is 28.9 Å². The topological polar surface area (TPSA) is 68.4 Å². The number of hydrogen-bond donors (Lipinski definition) is 1. The summed E-state index contributed by atoms with van der Waals surface area (Å²) in [4.78, 5) is 18.9. The Morgan fingerprint density at radius 3 is 3.04 bits per heavy atom. The second-order valence-corrected chi connectivity index (χ2v) is 6.89. The molecule has 0 radical (unpaired) electrons. The predicted octanol–water partition coefficient (Wildman–Crippen LogP) is 2.83. The van der Waals surface area contributed by atoms with E-state index in [0.29, 0.717) is 13.2 Å². The molecule has 0 spiro atoms. The molecule has 0 aliphatic carbocycles. The van der Waals surface area contributed by atoms with Crippen LogP contribution in [0.1, 0.15) is 47.8 Å². The Hall–Kier alpha value is -1.76. The van der Waals surface area contributed by atoms with Gasteiger partial charge in [0.15, 0.2) is 0 Å². The Balaban J connectivity index is 1.79. The van der Waals surface area contributed by atoms with Gasteiger partial charge in [-0.15, -0.1) is 11.3 Å². The van der Waals surface area contributed by atoms with E-state index in [1.54, 1.807) is 11.3 Å². The number of ether oxygens (including phenoxy) is 1. The van der Waals surface area contributed by atoms with Gasteiger partial charge in [0.1, 0.15) is 17.2 Å². The van der Waals surface area contributed by atoms with Gasteiger partial charge in [0.05, 0.1) is 5.69 Å². The highest BCUT2D eigenvalue weighted by Gasteiger charge is 2.31. The molecule has 1 amide bonds. The van der Waals surface area contributed by atoms with Crippen molar-refractivity contribution in [2.45, 2.75) is 39.0 Å². The molecule has 3 rings (SSSR count). The van der Waals surface area contributed by atoms with Crippen LogP contribution in [0.25, 0.3) is 0 Å². The van der Waals surface area contributed by atoms with Gasteiger partial charge < -0.3 is 10.5 Å². The number of aromatic nitrogens is 1. The third-order valence-corrected chi connectivity index (χ3v) is 5.41. The van der Waals surface area contributed by atoms with Crippen LogP contribution in [-0.2, 0) is 22.5 Å². The fraction of sp³-hybridized carbons (Fsp3) is 0.444. The molecule has 2 atom stereocenters. The summed E-state index contributed by atoms with van der Waals surface area (Å²) >= 11 is 1.60. The van der Waals surface area contributed by atoms with Crippen molar-refractivity contribution < 1.29 is 9.53 Å². The fourth-order valence-corrected chi connectivity index (χ4v) is 4.05. The molecule has 2 N–H and O–H groups in total. The molecule has 0 bridgehead atoms. The Bertz CT molecular complexity index is 716. The van der Waals surface area contributed by atoms with E-state index in [1.807, 2.05) is 37.4 Å². The van der Waals surface area contributed by atoms with Crippen molar-refractivity contribution in [3.63, 3.8) is 0 Å². The molecule has 0 fully saturated rings. The minimum atomic E-state index is -0.385. The number of thiazole rings is 1. The SMILES string of the molecule is CCO[C@H](C)c1nc(CN2CCc3ccccc3[C@@H]2C(N)=O)cs1. The van der Waals surface area contributed by atoms with Gasteiger partial charge in [-0.1, -0.05) is 24.3 Å². The van der Waals surface area contributed by atoms with Crippen molar-refractivity contribution in [2.75, 3.05) is 13.2 Å². The van der Waals surface area contributed by atoms with Gasteiger partial charge in [0, 0.05) is 25.1 Å². The molecule has 1 aromatic carbocycles. The number of primary amides is 1. The summed E-state index contributed by atoms with van der Waals surface area (Å²) < 4.78 is 5.60. The van der Waals surface area contributed by atoms with Crippen LogP contribution in [0.3, 0.4) is 0 Å². The number of carbonyl (C=O) groups excluding carboxylic acids is 1. The molecule has 5 nitrogen and oxygen atoms in total. The third kappa shape index (κ3) is 3.50.